The second kappa shape index (κ2) is 6.24. The minimum atomic E-state index is 0.715. The number of hydrogen-bond acceptors (Lipinski definition) is 2. The first-order valence-corrected chi connectivity index (χ1v) is 8.80. The van der Waals surface area contributed by atoms with Crippen molar-refractivity contribution in [3.8, 4) is 0 Å². The number of aryl methyl sites for hydroxylation is 2. The van der Waals surface area contributed by atoms with Gasteiger partial charge in [0.25, 0.3) is 0 Å². The Morgan fingerprint density at radius 1 is 1.12 bits per heavy atom. The molecule has 1 aliphatic heterocycles. The van der Waals surface area contributed by atoms with Crippen molar-refractivity contribution in [3.63, 3.8) is 0 Å². The Balaban J connectivity index is 1.67. The van der Waals surface area contributed by atoms with Gasteiger partial charge >= 0.3 is 0 Å². The summed E-state index contributed by atoms with van der Waals surface area (Å²) in [5.41, 5.74) is 4.55. The molecule has 0 unspecified atom stereocenters. The van der Waals surface area contributed by atoms with Crippen LogP contribution in [0, 0.1) is 0 Å². The smallest absolute Gasteiger partial charge is 0.212 e. The number of rotatable bonds is 2. The number of nitrogens with zero attached hydrogens (tertiary/aromatic N) is 3. The highest BCUT2D eigenvalue weighted by molar-refractivity contribution is 7.80. The summed E-state index contributed by atoms with van der Waals surface area (Å²) >= 11 is 5.71. The van der Waals surface area contributed by atoms with E-state index in [0.717, 1.165) is 43.1 Å². The molecule has 4 nitrogen and oxygen atoms in total. The normalized spacial score (nSPS) is 13.8. The molecule has 0 saturated carbocycles. The molecule has 0 radical (unpaired) electrons. The van der Waals surface area contributed by atoms with Gasteiger partial charge in [-0.05, 0) is 48.8 Å². The number of para-hydroxylation sites is 3. The number of thiocarbonyl (C=S) groups is 1. The highest BCUT2D eigenvalue weighted by Gasteiger charge is 2.24. The van der Waals surface area contributed by atoms with E-state index in [1.165, 1.54) is 11.1 Å². The maximum absolute atomic E-state index is 5.71. The number of imidazole rings is 1. The summed E-state index contributed by atoms with van der Waals surface area (Å²) in [4.78, 5) is 6.92. The van der Waals surface area contributed by atoms with Gasteiger partial charge < -0.3 is 9.88 Å². The van der Waals surface area contributed by atoms with E-state index in [1.54, 1.807) is 0 Å². The predicted octanol–water partition coefficient (Wildman–Crippen LogP) is 4.21. The number of nitrogens with one attached hydrogen (secondary N) is 1. The summed E-state index contributed by atoms with van der Waals surface area (Å²) in [5.74, 6) is 0.939. The van der Waals surface area contributed by atoms with Crippen LogP contribution in [-0.4, -0.2) is 21.2 Å². The molecule has 5 heteroatoms. The summed E-state index contributed by atoms with van der Waals surface area (Å²) in [6, 6.07) is 16.6. The van der Waals surface area contributed by atoms with Gasteiger partial charge in [-0.15, -0.1) is 0 Å². The summed E-state index contributed by atoms with van der Waals surface area (Å²) in [6.45, 7) is 4.04. The zero-order chi connectivity index (χ0) is 16.5. The summed E-state index contributed by atoms with van der Waals surface area (Å²) in [7, 11) is 0. The van der Waals surface area contributed by atoms with E-state index >= 15 is 0 Å². The molecular weight excluding hydrogens is 316 g/mol. The van der Waals surface area contributed by atoms with Crippen molar-refractivity contribution in [3.05, 3.63) is 54.1 Å². The number of fused-ring (bicyclic) bond motifs is 3. The van der Waals surface area contributed by atoms with E-state index in [9.17, 15) is 0 Å². The Morgan fingerprint density at radius 2 is 1.92 bits per heavy atom. The SMILES string of the molecule is CCc1ccccc1NC(=S)N1CCCn2c1nc1ccccc12. The average Bonchev–Trinajstić information content (AvgIpc) is 3.00. The van der Waals surface area contributed by atoms with Crippen molar-refractivity contribution in [2.24, 2.45) is 0 Å². The van der Waals surface area contributed by atoms with E-state index < -0.39 is 0 Å². The second-order valence-electron chi connectivity index (χ2n) is 6.00. The molecule has 0 aliphatic carbocycles. The zero-order valence-corrected chi connectivity index (χ0v) is 14.5. The molecule has 0 amide bonds. The molecule has 2 heterocycles. The molecule has 0 fully saturated rings. The van der Waals surface area contributed by atoms with Gasteiger partial charge in [0.15, 0.2) is 5.11 Å². The quantitative estimate of drug-likeness (QED) is 0.711. The lowest BCUT2D eigenvalue weighted by atomic mass is 10.1. The van der Waals surface area contributed by atoms with Crippen molar-refractivity contribution in [1.29, 1.82) is 0 Å². The Hall–Kier alpha value is -2.40. The lowest BCUT2D eigenvalue weighted by Crippen LogP contribution is -2.40. The molecular formula is C19H20N4S. The van der Waals surface area contributed by atoms with Gasteiger partial charge in [-0.3, -0.25) is 4.90 Å². The molecule has 1 N–H and O–H groups in total. The maximum atomic E-state index is 5.71. The summed E-state index contributed by atoms with van der Waals surface area (Å²) < 4.78 is 2.26. The molecule has 0 saturated heterocycles. The monoisotopic (exact) mass is 336 g/mol. The van der Waals surface area contributed by atoms with Crippen molar-refractivity contribution >= 4 is 40.0 Å². The summed E-state index contributed by atoms with van der Waals surface area (Å²) in [6.07, 6.45) is 2.04. The van der Waals surface area contributed by atoms with Crippen LogP contribution in [0.4, 0.5) is 11.6 Å². The molecule has 2 aromatic carbocycles. The van der Waals surface area contributed by atoms with Gasteiger partial charge in [-0.2, -0.15) is 0 Å². The van der Waals surface area contributed by atoms with E-state index in [-0.39, 0.29) is 0 Å². The molecule has 122 valence electrons. The minimum absolute atomic E-state index is 0.715. The van der Waals surface area contributed by atoms with E-state index in [0.29, 0.717) is 5.11 Å². The number of anilines is 2. The average molecular weight is 336 g/mol. The largest absolute Gasteiger partial charge is 0.332 e. The predicted molar refractivity (Wildman–Crippen MR) is 104 cm³/mol. The van der Waals surface area contributed by atoms with E-state index in [2.05, 4.69) is 58.1 Å². The highest BCUT2D eigenvalue weighted by atomic mass is 32.1. The van der Waals surface area contributed by atoms with Crippen molar-refractivity contribution < 1.29 is 0 Å². The lowest BCUT2D eigenvalue weighted by molar-refractivity contribution is 0.612. The first-order valence-electron chi connectivity index (χ1n) is 8.39. The van der Waals surface area contributed by atoms with E-state index in [1.807, 2.05) is 12.1 Å². The molecule has 3 aromatic rings. The highest BCUT2D eigenvalue weighted by Crippen LogP contribution is 2.27. The molecule has 4 rings (SSSR count). The Bertz CT molecular complexity index is 899. The Labute approximate surface area is 147 Å². The van der Waals surface area contributed by atoms with Crippen LogP contribution in [0.5, 0.6) is 0 Å². The van der Waals surface area contributed by atoms with E-state index in [4.69, 9.17) is 17.2 Å². The van der Waals surface area contributed by atoms with Gasteiger partial charge in [0.2, 0.25) is 5.95 Å². The van der Waals surface area contributed by atoms with Crippen LogP contribution in [0.3, 0.4) is 0 Å². The fourth-order valence-corrected chi connectivity index (χ4v) is 3.58. The van der Waals surface area contributed by atoms with Crippen molar-refractivity contribution in [2.45, 2.75) is 26.3 Å². The standard InChI is InChI=1S/C19H20N4S/c1-2-14-8-3-4-9-15(14)21-19(24)23-13-7-12-22-17-11-6-5-10-16(17)20-18(22)23/h3-6,8-11H,2,7,12-13H2,1H3,(H,21,24). The third-order valence-corrected chi connectivity index (χ3v) is 4.85. The fourth-order valence-electron chi connectivity index (χ4n) is 3.30. The topological polar surface area (TPSA) is 33.1 Å². The fraction of sp³-hybridized carbons (Fsp3) is 0.263. The third-order valence-electron chi connectivity index (χ3n) is 4.52. The van der Waals surface area contributed by atoms with Gasteiger partial charge in [-0.25, -0.2) is 4.98 Å². The minimum Gasteiger partial charge on any atom is -0.332 e. The van der Waals surface area contributed by atoms with Gasteiger partial charge in [0.05, 0.1) is 11.0 Å². The molecule has 0 spiro atoms. The van der Waals surface area contributed by atoms with Crippen LogP contribution in [0.2, 0.25) is 0 Å². The molecule has 0 atom stereocenters. The van der Waals surface area contributed by atoms with Crippen LogP contribution < -0.4 is 10.2 Å². The maximum Gasteiger partial charge on any atom is 0.212 e. The van der Waals surface area contributed by atoms with Gasteiger partial charge in [0.1, 0.15) is 0 Å². The lowest BCUT2D eigenvalue weighted by Gasteiger charge is -2.30. The first-order chi connectivity index (χ1) is 11.8. The van der Waals surface area contributed by atoms with Crippen LogP contribution in [0.25, 0.3) is 11.0 Å². The number of aromatic nitrogens is 2. The van der Waals surface area contributed by atoms with Gasteiger partial charge in [-0.1, -0.05) is 37.3 Å². The van der Waals surface area contributed by atoms with Crippen molar-refractivity contribution in [1.82, 2.24) is 9.55 Å². The number of benzene rings is 2. The third kappa shape index (κ3) is 2.55. The summed E-state index contributed by atoms with van der Waals surface area (Å²) in [5, 5.41) is 4.14. The second-order valence-corrected chi connectivity index (χ2v) is 6.38. The number of hydrogen-bond donors (Lipinski definition) is 1. The Kier molecular flexibility index (Phi) is 3.94. The van der Waals surface area contributed by atoms with Crippen LogP contribution in [0.1, 0.15) is 18.9 Å². The van der Waals surface area contributed by atoms with Crippen LogP contribution in [0.15, 0.2) is 48.5 Å². The molecule has 0 bridgehead atoms. The van der Waals surface area contributed by atoms with Crippen LogP contribution in [-0.2, 0) is 13.0 Å². The zero-order valence-electron chi connectivity index (χ0n) is 13.7. The molecule has 1 aromatic heterocycles. The van der Waals surface area contributed by atoms with Crippen molar-refractivity contribution in [2.75, 3.05) is 16.8 Å². The first kappa shape index (κ1) is 15.1. The van der Waals surface area contributed by atoms with Gasteiger partial charge in [0, 0.05) is 18.8 Å². The molecule has 24 heavy (non-hydrogen) atoms. The molecule has 1 aliphatic rings. The van der Waals surface area contributed by atoms with Crippen LogP contribution >= 0.6 is 12.2 Å². The Morgan fingerprint density at radius 3 is 2.79 bits per heavy atom.